The van der Waals surface area contributed by atoms with E-state index < -0.39 is 0 Å². The molecule has 0 unspecified atom stereocenters. The predicted molar refractivity (Wildman–Crippen MR) is 70.0 cm³/mol. The molecule has 1 rings (SSSR count). The lowest BCUT2D eigenvalue weighted by Crippen LogP contribution is -2.13. The summed E-state index contributed by atoms with van der Waals surface area (Å²) in [6.07, 6.45) is 0.950. The number of hydrogen-bond acceptors (Lipinski definition) is 3. The van der Waals surface area contributed by atoms with Gasteiger partial charge in [-0.1, -0.05) is 31.2 Å². The lowest BCUT2D eigenvalue weighted by Gasteiger charge is -2.10. The van der Waals surface area contributed by atoms with Gasteiger partial charge in [0.15, 0.2) is 0 Å². The quantitative estimate of drug-likeness (QED) is 0.669. The van der Waals surface area contributed by atoms with Gasteiger partial charge in [-0.3, -0.25) is 0 Å². The number of ether oxygens (including phenoxy) is 2. The van der Waals surface area contributed by atoms with E-state index in [9.17, 15) is 0 Å². The van der Waals surface area contributed by atoms with E-state index >= 15 is 0 Å². The van der Waals surface area contributed by atoms with Crippen molar-refractivity contribution in [3.8, 4) is 0 Å². The molecule has 0 saturated carbocycles. The molecular formula is C14H23NO2. The Morgan fingerprint density at radius 3 is 2.59 bits per heavy atom. The third-order valence-electron chi connectivity index (χ3n) is 2.58. The standard InChI is InChI=1S/C14H23NO2/c1-3-15-11-13-7-4-5-8-14(13)12-17-10-6-9-16-2/h4-5,7-8,15H,3,6,9-12H2,1-2H3. The topological polar surface area (TPSA) is 30.5 Å². The van der Waals surface area contributed by atoms with Crippen LogP contribution in [0.15, 0.2) is 24.3 Å². The molecule has 96 valence electrons. The van der Waals surface area contributed by atoms with E-state index in [0.29, 0.717) is 6.61 Å². The summed E-state index contributed by atoms with van der Waals surface area (Å²) in [7, 11) is 1.71. The van der Waals surface area contributed by atoms with Crippen LogP contribution in [0.5, 0.6) is 0 Å². The first kappa shape index (κ1) is 14.2. The monoisotopic (exact) mass is 237 g/mol. The molecule has 0 saturated heterocycles. The fraction of sp³-hybridized carbons (Fsp3) is 0.571. The van der Waals surface area contributed by atoms with Crippen LogP contribution in [0.4, 0.5) is 0 Å². The first-order chi connectivity index (χ1) is 8.38. The second-order valence-corrected chi connectivity index (χ2v) is 3.95. The summed E-state index contributed by atoms with van der Waals surface area (Å²) in [5.74, 6) is 0. The SMILES string of the molecule is CCNCc1ccccc1COCCCOC. The maximum atomic E-state index is 5.63. The average Bonchev–Trinajstić information content (AvgIpc) is 2.37. The normalized spacial score (nSPS) is 10.7. The maximum absolute atomic E-state index is 5.63. The summed E-state index contributed by atoms with van der Waals surface area (Å²) in [6, 6.07) is 8.41. The highest BCUT2D eigenvalue weighted by Gasteiger charge is 2.00. The van der Waals surface area contributed by atoms with Gasteiger partial charge >= 0.3 is 0 Å². The fourth-order valence-electron chi connectivity index (χ4n) is 1.62. The van der Waals surface area contributed by atoms with Crippen molar-refractivity contribution < 1.29 is 9.47 Å². The Morgan fingerprint density at radius 1 is 1.12 bits per heavy atom. The molecule has 0 aliphatic heterocycles. The van der Waals surface area contributed by atoms with E-state index in [-0.39, 0.29) is 0 Å². The minimum absolute atomic E-state index is 0.686. The number of benzene rings is 1. The van der Waals surface area contributed by atoms with Gasteiger partial charge in [0.2, 0.25) is 0 Å². The molecule has 1 aromatic carbocycles. The molecule has 0 atom stereocenters. The summed E-state index contributed by atoms with van der Waals surface area (Å²) in [4.78, 5) is 0. The molecule has 1 aromatic rings. The van der Waals surface area contributed by atoms with Crippen LogP contribution >= 0.6 is 0 Å². The molecule has 0 aromatic heterocycles. The zero-order chi connectivity index (χ0) is 12.3. The highest BCUT2D eigenvalue weighted by molar-refractivity contribution is 5.26. The Labute approximate surface area is 104 Å². The van der Waals surface area contributed by atoms with Gasteiger partial charge in [0, 0.05) is 26.9 Å². The van der Waals surface area contributed by atoms with Gasteiger partial charge in [-0.05, 0) is 24.1 Å². The molecule has 3 nitrogen and oxygen atoms in total. The lowest BCUT2D eigenvalue weighted by atomic mass is 10.1. The van der Waals surface area contributed by atoms with Gasteiger partial charge < -0.3 is 14.8 Å². The number of hydrogen-bond donors (Lipinski definition) is 1. The van der Waals surface area contributed by atoms with Crippen LogP contribution in [-0.4, -0.2) is 26.9 Å². The van der Waals surface area contributed by atoms with Crippen molar-refractivity contribution in [1.29, 1.82) is 0 Å². The minimum Gasteiger partial charge on any atom is -0.385 e. The molecule has 0 fully saturated rings. The molecule has 17 heavy (non-hydrogen) atoms. The van der Waals surface area contributed by atoms with Gasteiger partial charge in [-0.2, -0.15) is 0 Å². The van der Waals surface area contributed by atoms with Gasteiger partial charge in [-0.15, -0.1) is 0 Å². The van der Waals surface area contributed by atoms with Crippen molar-refractivity contribution in [1.82, 2.24) is 5.32 Å². The lowest BCUT2D eigenvalue weighted by molar-refractivity contribution is 0.0924. The van der Waals surface area contributed by atoms with Crippen LogP contribution in [0.1, 0.15) is 24.5 Å². The van der Waals surface area contributed by atoms with E-state index in [0.717, 1.165) is 32.7 Å². The Hall–Kier alpha value is -0.900. The summed E-state index contributed by atoms with van der Waals surface area (Å²) >= 11 is 0. The van der Waals surface area contributed by atoms with Crippen LogP contribution < -0.4 is 5.32 Å². The summed E-state index contributed by atoms with van der Waals surface area (Å²) in [5, 5.41) is 3.34. The van der Waals surface area contributed by atoms with E-state index in [1.54, 1.807) is 7.11 Å². The molecule has 0 aliphatic carbocycles. The first-order valence-corrected chi connectivity index (χ1v) is 6.22. The Morgan fingerprint density at radius 2 is 1.88 bits per heavy atom. The van der Waals surface area contributed by atoms with Crippen LogP contribution in [0.2, 0.25) is 0 Å². The third kappa shape index (κ3) is 5.82. The first-order valence-electron chi connectivity index (χ1n) is 6.22. The van der Waals surface area contributed by atoms with Crippen molar-refractivity contribution in [2.45, 2.75) is 26.5 Å². The van der Waals surface area contributed by atoms with Crippen molar-refractivity contribution in [3.05, 3.63) is 35.4 Å². The minimum atomic E-state index is 0.686. The summed E-state index contributed by atoms with van der Waals surface area (Å²) in [5.41, 5.74) is 2.59. The van der Waals surface area contributed by atoms with E-state index in [2.05, 4.69) is 36.5 Å². The molecule has 0 heterocycles. The predicted octanol–water partition coefficient (Wildman–Crippen LogP) is 2.35. The second-order valence-electron chi connectivity index (χ2n) is 3.95. The molecule has 0 amide bonds. The molecule has 1 N–H and O–H groups in total. The van der Waals surface area contributed by atoms with Gasteiger partial charge in [0.25, 0.3) is 0 Å². The van der Waals surface area contributed by atoms with Crippen LogP contribution in [0.3, 0.4) is 0 Å². The second kappa shape index (κ2) is 9.16. The van der Waals surface area contributed by atoms with Crippen LogP contribution in [0, 0.1) is 0 Å². The fourth-order valence-corrected chi connectivity index (χ4v) is 1.62. The smallest absolute Gasteiger partial charge is 0.0720 e. The Bertz CT molecular complexity index is 302. The van der Waals surface area contributed by atoms with E-state index in [4.69, 9.17) is 9.47 Å². The van der Waals surface area contributed by atoms with Crippen molar-refractivity contribution >= 4 is 0 Å². The number of rotatable bonds is 9. The molecule has 0 spiro atoms. The van der Waals surface area contributed by atoms with E-state index in [1.807, 2.05) is 0 Å². The Kier molecular flexibility index (Phi) is 7.63. The molecule has 0 aliphatic rings. The van der Waals surface area contributed by atoms with Gasteiger partial charge in [0.1, 0.15) is 0 Å². The van der Waals surface area contributed by atoms with Crippen molar-refractivity contribution in [3.63, 3.8) is 0 Å². The molecule has 0 radical (unpaired) electrons. The molecular weight excluding hydrogens is 214 g/mol. The van der Waals surface area contributed by atoms with Crippen molar-refractivity contribution in [2.24, 2.45) is 0 Å². The van der Waals surface area contributed by atoms with Crippen LogP contribution in [0.25, 0.3) is 0 Å². The zero-order valence-electron chi connectivity index (χ0n) is 10.9. The van der Waals surface area contributed by atoms with Gasteiger partial charge in [-0.25, -0.2) is 0 Å². The van der Waals surface area contributed by atoms with Gasteiger partial charge in [0.05, 0.1) is 6.61 Å². The van der Waals surface area contributed by atoms with E-state index in [1.165, 1.54) is 11.1 Å². The number of nitrogens with one attached hydrogen (secondary N) is 1. The van der Waals surface area contributed by atoms with Crippen molar-refractivity contribution in [2.75, 3.05) is 26.9 Å². The number of methoxy groups -OCH3 is 1. The maximum Gasteiger partial charge on any atom is 0.0720 e. The molecule has 0 bridgehead atoms. The summed E-state index contributed by atoms with van der Waals surface area (Å²) < 4.78 is 10.6. The average molecular weight is 237 g/mol. The largest absolute Gasteiger partial charge is 0.385 e. The molecule has 3 heteroatoms. The third-order valence-corrected chi connectivity index (χ3v) is 2.58. The highest BCUT2D eigenvalue weighted by Crippen LogP contribution is 2.10. The Balaban J connectivity index is 2.35. The zero-order valence-corrected chi connectivity index (χ0v) is 10.9. The van der Waals surface area contributed by atoms with Crippen LogP contribution in [-0.2, 0) is 22.6 Å². The highest BCUT2D eigenvalue weighted by atomic mass is 16.5. The summed E-state index contributed by atoms with van der Waals surface area (Å²) in [6.45, 7) is 6.22.